The molecular weight excluding hydrogens is 482 g/mol. The minimum atomic E-state index is -0.950. The van der Waals surface area contributed by atoms with E-state index in [-0.39, 0.29) is 23.5 Å². The number of carbonyl (C=O) groups is 3. The molecule has 0 fully saturated rings. The molecule has 8 heteroatoms. The van der Waals surface area contributed by atoms with Gasteiger partial charge in [-0.2, -0.15) is 0 Å². The van der Waals surface area contributed by atoms with Gasteiger partial charge in [0, 0.05) is 13.1 Å². The second-order valence-electron chi connectivity index (χ2n) is 10.9. The maximum Gasteiger partial charge on any atom is 0.408 e. The van der Waals surface area contributed by atoms with Gasteiger partial charge in [0.15, 0.2) is 0 Å². The highest BCUT2D eigenvalue weighted by Crippen LogP contribution is 2.26. The smallest absolute Gasteiger partial charge is 0.408 e. The monoisotopic (exact) mass is 525 g/mol. The van der Waals surface area contributed by atoms with Crippen molar-refractivity contribution in [3.8, 4) is 5.75 Å². The molecule has 0 radical (unpaired) electrons. The topological polar surface area (TPSA) is 108 Å². The number of phenolic OH excluding ortho intramolecular Hbond substituents is 1. The van der Waals surface area contributed by atoms with Crippen molar-refractivity contribution in [2.45, 2.75) is 85.0 Å². The number of nitrogens with zero attached hydrogens (tertiary/aromatic N) is 1. The Morgan fingerprint density at radius 2 is 1.63 bits per heavy atom. The van der Waals surface area contributed by atoms with E-state index in [0.29, 0.717) is 31.5 Å². The molecule has 2 atom stereocenters. The summed E-state index contributed by atoms with van der Waals surface area (Å²) in [6.45, 7) is 11.9. The van der Waals surface area contributed by atoms with Gasteiger partial charge in [-0.25, -0.2) is 4.79 Å². The van der Waals surface area contributed by atoms with E-state index in [1.54, 1.807) is 37.8 Å². The SMILES string of the molecule is CCCCN(C(=O)C(CC(C)C)NC(=O)OC(C)(C)C)C(C(=O)NCc1ccccc1)c1ccc(O)cc1. The van der Waals surface area contributed by atoms with Crippen LogP contribution in [0.5, 0.6) is 5.75 Å². The zero-order valence-electron chi connectivity index (χ0n) is 23.5. The first kappa shape index (κ1) is 30.7. The second kappa shape index (κ2) is 14.4. The molecule has 3 amide bonds. The van der Waals surface area contributed by atoms with Crippen LogP contribution in [0.4, 0.5) is 4.79 Å². The number of carbonyl (C=O) groups excluding carboxylic acids is 3. The fourth-order valence-corrected chi connectivity index (χ4v) is 4.05. The fraction of sp³-hybridized carbons (Fsp3) is 0.500. The number of benzene rings is 2. The van der Waals surface area contributed by atoms with Crippen LogP contribution in [-0.4, -0.2) is 46.1 Å². The number of amides is 3. The summed E-state index contributed by atoms with van der Waals surface area (Å²) in [6, 6.07) is 14.0. The maximum absolute atomic E-state index is 14.1. The molecule has 2 aromatic rings. The van der Waals surface area contributed by atoms with Crippen LogP contribution in [0.2, 0.25) is 0 Å². The van der Waals surface area contributed by atoms with Crippen molar-refractivity contribution >= 4 is 17.9 Å². The van der Waals surface area contributed by atoms with Crippen molar-refractivity contribution in [3.05, 3.63) is 65.7 Å². The van der Waals surface area contributed by atoms with Crippen LogP contribution < -0.4 is 10.6 Å². The number of unbranched alkanes of at least 4 members (excludes halogenated alkanes) is 1. The van der Waals surface area contributed by atoms with Crippen molar-refractivity contribution in [2.75, 3.05) is 6.54 Å². The first-order valence-corrected chi connectivity index (χ1v) is 13.3. The molecular formula is C30H43N3O5. The molecule has 3 N–H and O–H groups in total. The predicted octanol–water partition coefficient (Wildman–Crippen LogP) is 5.32. The summed E-state index contributed by atoms with van der Waals surface area (Å²) in [6.07, 6.45) is 1.19. The van der Waals surface area contributed by atoms with E-state index in [1.807, 2.05) is 51.1 Å². The number of aromatic hydroxyl groups is 1. The van der Waals surface area contributed by atoms with E-state index >= 15 is 0 Å². The third-order valence-electron chi connectivity index (χ3n) is 5.81. The highest BCUT2D eigenvalue weighted by Gasteiger charge is 2.36. The molecule has 38 heavy (non-hydrogen) atoms. The van der Waals surface area contributed by atoms with Crippen molar-refractivity contribution in [1.29, 1.82) is 0 Å². The molecule has 2 aromatic carbocycles. The molecule has 208 valence electrons. The van der Waals surface area contributed by atoms with Gasteiger partial charge in [0.1, 0.15) is 23.4 Å². The average Bonchev–Trinajstić information content (AvgIpc) is 2.84. The zero-order valence-corrected chi connectivity index (χ0v) is 23.5. The molecule has 8 nitrogen and oxygen atoms in total. The summed E-state index contributed by atoms with van der Waals surface area (Å²) in [5, 5.41) is 15.6. The lowest BCUT2D eigenvalue weighted by Gasteiger charge is -2.35. The van der Waals surface area contributed by atoms with Gasteiger partial charge in [-0.3, -0.25) is 9.59 Å². The van der Waals surface area contributed by atoms with Gasteiger partial charge in [0.25, 0.3) is 0 Å². The minimum Gasteiger partial charge on any atom is -0.508 e. The van der Waals surface area contributed by atoms with Gasteiger partial charge >= 0.3 is 6.09 Å². The lowest BCUT2D eigenvalue weighted by atomic mass is 9.98. The summed E-state index contributed by atoms with van der Waals surface area (Å²) in [5.74, 6) is -0.533. The Morgan fingerprint density at radius 1 is 1.00 bits per heavy atom. The van der Waals surface area contributed by atoms with Crippen LogP contribution in [-0.2, 0) is 20.9 Å². The van der Waals surface area contributed by atoms with Crippen molar-refractivity contribution in [1.82, 2.24) is 15.5 Å². The third-order valence-corrected chi connectivity index (χ3v) is 5.81. The predicted molar refractivity (Wildman–Crippen MR) is 148 cm³/mol. The second-order valence-corrected chi connectivity index (χ2v) is 10.9. The van der Waals surface area contributed by atoms with Crippen LogP contribution in [0.1, 0.15) is 78.0 Å². The maximum atomic E-state index is 14.1. The minimum absolute atomic E-state index is 0.0629. The molecule has 0 aliphatic heterocycles. The van der Waals surface area contributed by atoms with E-state index in [4.69, 9.17) is 4.74 Å². The van der Waals surface area contributed by atoms with E-state index in [9.17, 15) is 19.5 Å². The quantitative estimate of drug-likeness (QED) is 0.348. The molecule has 0 spiro atoms. The van der Waals surface area contributed by atoms with Gasteiger partial charge in [-0.05, 0) is 62.8 Å². The van der Waals surface area contributed by atoms with E-state index in [0.717, 1.165) is 12.0 Å². The highest BCUT2D eigenvalue weighted by molar-refractivity contribution is 5.92. The van der Waals surface area contributed by atoms with Gasteiger partial charge in [0.2, 0.25) is 11.8 Å². The average molecular weight is 526 g/mol. The van der Waals surface area contributed by atoms with Crippen molar-refractivity contribution < 1.29 is 24.2 Å². The molecule has 0 aliphatic carbocycles. The molecule has 2 rings (SSSR count). The van der Waals surface area contributed by atoms with Gasteiger partial charge in [0.05, 0.1) is 0 Å². The Balaban J connectivity index is 2.44. The third kappa shape index (κ3) is 10.1. The summed E-state index contributed by atoms with van der Waals surface area (Å²) >= 11 is 0. The number of rotatable bonds is 12. The lowest BCUT2D eigenvalue weighted by Crippen LogP contribution is -2.53. The van der Waals surface area contributed by atoms with E-state index < -0.39 is 23.8 Å². The van der Waals surface area contributed by atoms with E-state index in [1.165, 1.54) is 12.1 Å². The van der Waals surface area contributed by atoms with Gasteiger partial charge in [-0.1, -0.05) is 69.7 Å². The number of hydrogen-bond acceptors (Lipinski definition) is 5. The molecule has 0 heterocycles. The lowest BCUT2D eigenvalue weighted by molar-refractivity contribution is -0.143. The summed E-state index contributed by atoms with van der Waals surface area (Å²) < 4.78 is 5.43. The van der Waals surface area contributed by atoms with Gasteiger partial charge < -0.3 is 25.4 Å². The Morgan fingerprint density at radius 3 is 2.18 bits per heavy atom. The Hall–Kier alpha value is -3.55. The standard InChI is InChI=1S/C30H43N3O5/c1-7-8-18-33(28(36)25(19-21(2)3)32-29(37)38-30(4,5)6)26(23-14-16-24(34)17-15-23)27(35)31-20-22-12-10-9-11-13-22/h9-17,21,25-26,34H,7-8,18-20H2,1-6H3,(H,31,35)(H,32,37). The summed E-state index contributed by atoms with van der Waals surface area (Å²) in [4.78, 5) is 42.0. The largest absolute Gasteiger partial charge is 0.508 e. The Bertz CT molecular complexity index is 1030. The first-order chi connectivity index (χ1) is 17.9. The molecule has 0 aliphatic rings. The molecule has 0 aromatic heterocycles. The normalized spacial score (nSPS) is 12.9. The summed E-state index contributed by atoms with van der Waals surface area (Å²) in [7, 11) is 0. The van der Waals surface area contributed by atoms with Gasteiger partial charge in [-0.15, -0.1) is 0 Å². The number of phenols is 1. The Kier molecular flexibility index (Phi) is 11.6. The van der Waals surface area contributed by atoms with Crippen LogP contribution in [0.25, 0.3) is 0 Å². The molecule has 0 saturated heterocycles. The summed E-state index contributed by atoms with van der Waals surface area (Å²) in [5.41, 5.74) is 0.781. The van der Waals surface area contributed by atoms with Crippen LogP contribution in [0.15, 0.2) is 54.6 Å². The highest BCUT2D eigenvalue weighted by atomic mass is 16.6. The van der Waals surface area contributed by atoms with Crippen LogP contribution in [0.3, 0.4) is 0 Å². The number of hydrogen-bond donors (Lipinski definition) is 3. The molecule has 0 bridgehead atoms. The van der Waals surface area contributed by atoms with Crippen molar-refractivity contribution in [3.63, 3.8) is 0 Å². The fourth-order valence-electron chi connectivity index (χ4n) is 4.05. The van der Waals surface area contributed by atoms with Crippen LogP contribution >= 0.6 is 0 Å². The zero-order chi connectivity index (χ0) is 28.3. The first-order valence-electron chi connectivity index (χ1n) is 13.3. The number of ether oxygens (including phenoxy) is 1. The molecule has 0 saturated carbocycles. The van der Waals surface area contributed by atoms with E-state index in [2.05, 4.69) is 10.6 Å². The number of alkyl carbamates (subject to hydrolysis) is 1. The molecule has 2 unspecified atom stereocenters. The number of nitrogens with one attached hydrogen (secondary N) is 2. The Labute approximate surface area is 226 Å². The van der Waals surface area contributed by atoms with Crippen LogP contribution in [0, 0.1) is 5.92 Å². The van der Waals surface area contributed by atoms with Crippen molar-refractivity contribution in [2.24, 2.45) is 5.92 Å².